The van der Waals surface area contributed by atoms with Gasteiger partial charge in [-0.15, -0.1) is 11.8 Å². The highest BCUT2D eigenvalue weighted by Gasteiger charge is 2.38. The van der Waals surface area contributed by atoms with Crippen LogP contribution in [0, 0.1) is 0 Å². The number of rotatable bonds is 5. The molecule has 8 nitrogen and oxygen atoms in total. The Morgan fingerprint density at radius 2 is 1.92 bits per heavy atom. The molecule has 1 saturated heterocycles. The van der Waals surface area contributed by atoms with E-state index in [2.05, 4.69) is 25.6 Å². The lowest BCUT2D eigenvalue weighted by Gasteiger charge is -2.22. The molecule has 0 bridgehead atoms. The second kappa shape index (κ2) is 8.13. The molecule has 3 heterocycles. The van der Waals surface area contributed by atoms with Crippen molar-refractivity contribution in [1.29, 1.82) is 0 Å². The van der Waals surface area contributed by atoms with Crippen molar-refractivity contribution in [3.63, 3.8) is 0 Å². The third kappa shape index (κ3) is 3.77. The van der Waals surface area contributed by atoms with E-state index < -0.39 is 6.04 Å². The molecule has 1 aliphatic heterocycles. The number of nitrogens with zero attached hydrogens (tertiary/aromatic N) is 4. The molecule has 9 heteroatoms. The summed E-state index contributed by atoms with van der Waals surface area (Å²) in [7, 11) is 1.60. The smallest absolute Gasteiger partial charge is 0.254 e. The first kappa shape index (κ1) is 18.1. The minimum atomic E-state index is -0.429. The van der Waals surface area contributed by atoms with Gasteiger partial charge in [-0.3, -0.25) is 9.59 Å². The number of aromatic nitrogens is 3. The molecule has 0 saturated carbocycles. The van der Waals surface area contributed by atoms with Gasteiger partial charge >= 0.3 is 0 Å². The van der Waals surface area contributed by atoms with Gasteiger partial charge in [0.2, 0.25) is 11.9 Å². The second-order valence-electron chi connectivity index (χ2n) is 5.80. The summed E-state index contributed by atoms with van der Waals surface area (Å²) >= 11 is 1.42. The Morgan fingerprint density at radius 1 is 1.19 bits per heavy atom. The highest BCUT2D eigenvalue weighted by atomic mass is 32.2. The average Bonchev–Trinajstić information content (AvgIpc) is 3.11. The van der Waals surface area contributed by atoms with Crippen molar-refractivity contribution in [3.8, 4) is 0 Å². The lowest BCUT2D eigenvalue weighted by Crippen LogP contribution is -2.42. The summed E-state index contributed by atoms with van der Waals surface area (Å²) in [6.45, 7) is 0.461. The predicted octanol–water partition coefficient (Wildman–Crippen LogP) is 0.717. The van der Waals surface area contributed by atoms with Crippen molar-refractivity contribution in [2.45, 2.75) is 23.5 Å². The number of carbonyl (C=O) groups excluding carboxylic acids is 2. The summed E-state index contributed by atoms with van der Waals surface area (Å²) < 4.78 is 0. The van der Waals surface area contributed by atoms with Gasteiger partial charge in [0.25, 0.3) is 5.91 Å². The van der Waals surface area contributed by atoms with Gasteiger partial charge in [-0.1, -0.05) is 0 Å². The Kier molecular flexibility index (Phi) is 5.67. The van der Waals surface area contributed by atoms with E-state index in [4.69, 9.17) is 0 Å². The minimum absolute atomic E-state index is 0.125. The summed E-state index contributed by atoms with van der Waals surface area (Å²) in [6, 6.07) is 4.59. The number of anilines is 1. The third-order valence-corrected chi connectivity index (χ3v) is 4.92. The molecule has 0 spiro atoms. The molecule has 136 valence electrons. The van der Waals surface area contributed by atoms with E-state index in [0.29, 0.717) is 29.5 Å². The number of amides is 2. The maximum Gasteiger partial charge on any atom is 0.254 e. The fourth-order valence-electron chi connectivity index (χ4n) is 3.01. The van der Waals surface area contributed by atoms with Gasteiger partial charge in [-0.25, -0.2) is 15.0 Å². The van der Waals surface area contributed by atoms with Crippen LogP contribution in [-0.2, 0) is 4.79 Å². The molecule has 3 rings (SSSR count). The van der Waals surface area contributed by atoms with Gasteiger partial charge < -0.3 is 15.5 Å². The van der Waals surface area contributed by atoms with E-state index >= 15 is 0 Å². The van der Waals surface area contributed by atoms with Crippen LogP contribution in [0.2, 0.25) is 0 Å². The number of carbonyl (C=O) groups is 2. The second-order valence-corrected chi connectivity index (χ2v) is 6.59. The molecule has 0 aromatic carbocycles. The van der Waals surface area contributed by atoms with Crippen molar-refractivity contribution < 1.29 is 9.59 Å². The first-order valence-electron chi connectivity index (χ1n) is 8.19. The monoisotopic (exact) mass is 372 g/mol. The van der Waals surface area contributed by atoms with Crippen LogP contribution in [0.4, 0.5) is 5.95 Å². The molecule has 26 heavy (non-hydrogen) atoms. The lowest BCUT2D eigenvalue weighted by molar-refractivity contribution is -0.121. The molecule has 2 atom stereocenters. The molecule has 2 amide bonds. The van der Waals surface area contributed by atoms with Crippen LogP contribution in [0.25, 0.3) is 0 Å². The Balaban J connectivity index is 1.77. The standard InChI is InChI=1S/C17H20N6O2S/c1-18-15(25)13-9-11(10-23(13)17-20-7-4-8-21-17)22-14(24)12-5-3-6-19-16(12)26-2/h3-8,11,13H,9-10H2,1-2H3,(H,18,25)(H,22,24)/t11-,13+/m1/s1. The normalized spacial score (nSPS) is 19.2. The molecule has 0 unspecified atom stereocenters. The maximum absolute atomic E-state index is 12.7. The molecule has 2 N–H and O–H groups in total. The fraction of sp³-hybridized carbons (Fsp3) is 0.353. The third-order valence-electron chi connectivity index (χ3n) is 4.20. The number of thioether (sulfide) groups is 1. The van der Waals surface area contributed by atoms with E-state index in [9.17, 15) is 9.59 Å². The molecule has 0 aliphatic carbocycles. The van der Waals surface area contributed by atoms with Crippen molar-refractivity contribution in [2.75, 3.05) is 24.7 Å². The lowest BCUT2D eigenvalue weighted by atomic mass is 10.1. The van der Waals surface area contributed by atoms with Crippen LogP contribution in [0.15, 0.2) is 41.8 Å². The van der Waals surface area contributed by atoms with Crippen LogP contribution in [-0.4, -0.2) is 58.7 Å². The molecular formula is C17H20N6O2S. The first-order chi connectivity index (χ1) is 12.6. The number of hydrogen-bond acceptors (Lipinski definition) is 7. The van der Waals surface area contributed by atoms with Crippen LogP contribution < -0.4 is 15.5 Å². The van der Waals surface area contributed by atoms with Gasteiger partial charge in [-0.05, 0) is 30.9 Å². The molecule has 0 radical (unpaired) electrons. The van der Waals surface area contributed by atoms with E-state index in [1.54, 1.807) is 43.8 Å². The number of likely N-dealkylation sites (N-methyl/N-ethyl adjacent to an activating group) is 1. The Morgan fingerprint density at radius 3 is 2.62 bits per heavy atom. The zero-order chi connectivity index (χ0) is 18.5. The Bertz CT molecular complexity index is 788. The number of pyridine rings is 1. The van der Waals surface area contributed by atoms with Crippen LogP contribution in [0.1, 0.15) is 16.8 Å². The average molecular weight is 372 g/mol. The van der Waals surface area contributed by atoms with Gasteiger partial charge in [0, 0.05) is 38.2 Å². The van der Waals surface area contributed by atoms with E-state index in [-0.39, 0.29) is 17.9 Å². The number of hydrogen-bond donors (Lipinski definition) is 2. The predicted molar refractivity (Wildman–Crippen MR) is 99.1 cm³/mol. The minimum Gasteiger partial charge on any atom is -0.357 e. The van der Waals surface area contributed by atoms with Crippen molar-refractivity contribution >= 4 is 29.5 Å². The van der Waals surface area contributed by atoms with E-state index in [1.807, 2.05) is 11.2 Å². The molecule has 1 aliphatic rings. The summed E-state index contributed by atoms with van der Waals surface area (Å²) in [5.41, 5.74) is 0.533. The van der Waals surface area contributed by atoms with Gasteiger partial charge in [0.05, 0.1) is 5.56 Å². The van der Waals surface area contributed by atoms with Crippen LogP contribution in [0.3, 0.4) is 0 Å². The van der Waals surface area contributed by atoms with Crippen molar-refractivity contribution in [1.82, 2.24) is 25.6 Å². The SMILES string of the molecule is CNC(=O)[C@@H]1C[C@@H](NC(=O)c2cccnc2SC)CN1c1ncccn1. The fourth-order valence-corrected chi connectivity index (χ4v) is 3.55. The first-order valence-corrected chi connectivity index (χ1v) is 9.41. The molecule has 2 aromatic heterocycles. The zero-order valence-corrected chi connectivity index (χ0v) is 15.4. The zero-order valence-electron chi connectivity index (χ0n) is 14.5. The number of nitrogens with one attached hydrogen (secondary N) is 2. The molecule has 2 aromatic rings. The molecular weight excluding hydrogens is 352 g/mol. The Labute approximate surface area is 155 Å². The van der Waals surface area contributed by atoms with E-state index in [0.717, 1.165) is 0 Å². The van der Waals surface area contributed by atoms with E-state index in [1.165, 1.54) is 11.8 Å². The van der Waals surface area contributed by atoms with Gasteiger partial charge in [0.1, 0.15) is 11.1 Å². The summed E-state index contributed by atoms with van der Waals surface area (Å²) in [6.07, 6.45) is 7.29. The summed E-state index contributed by atoms with van der Waals surface area (Å²) in [4.78, 5) is 39.4. The maximum atomic E-state index is 12.7. The molecule has 1 fully saturated rings. The van der Waals surface area contributed by atoms with Crippen LogP contribution >= 0.6 is 11.8 Å². The highest BCUT2D eigenvalue weighted by molar-refractivity contribution is 7.98. The van der Waals surface area contributed by atoms with Crippen molar-refractivity contribution in [3.05, 3.63) is 42.4 Å². The van der Waals surface area contributed by atoms with Gasteiger partial charge in [-0.2, -0.15) is 0 Å². The quantitative estimate of drug-likeness (QED) is 0.746. The summed E-state index contributed by atoms with van der Waals surface area (Å²) in [5.74, 6) is 0.156. The largest absolute Gasteiger partial charge is 0.357 e. The summed E-state index contributed by atoms with van der Waals surface area (Å²) in [5, 5.41) is 6.35. The van der Waals surface area contributed by atoms with Crippen LogP contribution in [0.5, 0.6) is 0 Å². The topological polar surface area (TPSA) is 100 Å². The van der Waals surface area contributed by atoms with Gasteiger partial charge in [0.15, 0.2) is 0 Å². The highest BCUT2D eigenvalue weighted by Crippen LogP contribution is 2.23. The van der Waals surface area contributed by atoms with Crippen molar-refractivity contribution in [2.24, 2.45) is 0 Å². The Hall–Kier alpha value is -2.68.